The van der Waals surface area contributed by atoms with Crippen molar-refractivity contribution >= 4 is 39.0 Å². The van der Waals surface area contributed by atoms with E-state index in [0.29, 0.717) is 23.9 Å². The molecular weight excluding hydrogens is 452 g/mol. The van der Waals surface area contributed by atoms with Gasteiger partial charge in [0.15, 0.2) is 17.1 Å². The van der Waals surface area contributed by atoms with Crippen LogP contribution in [-0.4, -0.2) is 38.3 Å². The molecule has 0 aliphatic carbocycles. The maximum absolute atomic E-state index is 6.85. The van der Waals surface area contributed by atoms with E-state index in [0.717, 1.165) is 56.6 Å². The highest BCUT2D eigenvalue weighted by molar-refractivity contribution is 6.01. The van der Waals surface area contributed by atoms with Crippen molar-refractivity contribution in [3.05, 3.63) is 72.3 Å². The summed E-state index contributed by atoms with van der Waals surface area (Å²) in [4.78, 5) is 14.9. The van der Waals surface area contributed by atoms with Crippen LogP contribution in [0, 0.1) is 0 Å². The van der Waals surface area contributed by atoms with Gasteiger partial charge in [-0.15, -0.1) is 0 Å². The number of nitrogens with zero attached hydrogens (tertiary/aromatic N) is 5. The third-order valence-corrected chi connectivity index (χ3v) is 6.67. The van der Waals surface area contributed by atoms with Crippen molar-refractivity contribution in [3.8, 4) is 22.9 Å². The molecule has 8 heteroatoms. The van der Waals surface area contributed by atoms with Crippen LogP contribution in [0.4, 0.5) is 5.82 Å². The second-order valence-corrected chi connectivity index (χ2v) is 8.72. The van der Waals surface area contributed by atoms with Crippen molar-refractivity contribution < 1.29 is 9.47 Å². The van der Waals surface area contributed by atoms with Gasteiger partial charge < -0.3 is 24.3 Å². The molecular formula is C28H26N6O2. The molecule has 0 atom stereocenters. The third-order valence-electron chi connectivity index (χ3n) is 6.67. The average Bonchev–Trinajstić information content (AvgIpc) is 3.38. The summed E-state index contributed by atoms with van der Waals surface area (Å²) in [5.74, 6) is 2.77. The van der Waals surface area contributed by atoms with E-state index in [4.69, 9.17) is 30.2 Å². The lowest BCUT2D eigenvalue weighted by molar-refractivity contribution is 0.354. The van der Waals surface area contributed by atoms with E-state index in [1.165, 1.54) is 0 Å². The first kappa shape index (κ1) is 21.9. The lowest BCUT2D eigenvalue weighted by atomic mass is 10.1. The number of anilines is 1. The quantitative estimate of drug-likeness (QED) is 0.363. The molecule has 0 saturated carbocycles. The first-order chi connectivity index (χ1) is 17.6. The number of benzene rings is 3. The number of nitrogens with two attached hydrogens (primary N) is 1. The number of fused-ring (bicyclic) bond motifs is 3. The van der Waals surface area contributed by atoms with Crippen molar-refractivity contribution in [3.63, 3.8) is 0 Å². The number of imidazole rings is 1. The molecule has 0 amide bonds. The molecule has 180 valence electrons. The van der Waals surface area contributed by atoms with Gasteiger partial charge in [-0.25, -0.2) is 15.0 Å². The summed E-state index contributed by atoms with van der Waals surface area (Å²) < 4.78 is 15.0. The van der Waals surface area contributed by atoms with Gasteiger partial charge >= 0.3 is 0 Å². The number of nitrogen functional groups attached to an aromatic ring is 1. The zero-order valence-electron chi connectivity index (χ0n) is 20.4. The van der Waals surface area contributed by atoms with Crippen LogP contribution in [0.3, 0.4) is 0 Å². The number of hydrogen-bond acceptors (Lipinski definition) is 6. The summed E-state index contributed by atoms with van der Waals surface area (Å²) in [5.41, 5.74) is 13.8. The van der Waals surface area contributed by atoms with Crippen LogP contribution in [0.25, 0.3) is 44.6 Å². The Morgan fingerprint density at radius 2 is 1.50 bits per heavy atom. The number of rotatable bonds is 6. The van der Waals surface area contributed by atoms with Crippen molar-refractivity contribution in [1.82, 2.24) is 24.1 Å². The summed E-state index contributed by atoms with van der Waals surface area (Å²) in [6.07, 6.45) is 0.727. The monoisotopic (exact) mass is 478 g/mol. The van der Waals surface area contributed by atoms with Gasteiger partial charge in [0.2, 0.25) is 0 Å². The number of hydrogen-bond donors (Lipinski definition) is 1. The van der Waals surface area contributed by atoms with Crippen LogP contribution in [0.5, 0.6) is 11.5 Å². The van der Waals surface area contributed by atoms with E-state index in [1.54, 1.807) is 14.2 Å². The summed E-state index contributed by atoms with van der Waals surface area (Å²) in [5, 5.41) is 0. The minimum Gasteiger partial charge on any atom is -0.493 e. The first-order valence-electron chi connectivity index (χ1n) is 11.8. The van der Waals surface area contributed by atoms with E-state index in [2.05, 4.69) is 10.6 Å². The molecule has 3 heterocycles. The Hall–Kier alpha value is -4.59. The minimum atomic E-state index is 0.596. The molecule has 6 rings (SSSR count). The van der Waals surface area contributed by atoms with Crippen molar-refractivity contribution in [1.29, 1.82) is 0 Å². The molecule has 0 spiro atoms. The molecule has 0 unspecified atom stereocenters. The largest absolute Gasteiger partial charge is 0.493 e. The van der Waals surface area contributed by atoms with Crippen molar-refractivity contribution in [2.24, 2.45) is 7.05 Å². The molecule has 0 saturated heterocycles. The molecule has 0 aliphatic heterocycles. The number of aryl methyl sites for hydroxylation is 3. The predicted octanol–water partition coefficient (Wildman–Crippen LogP) is 4.98. The predicted molar refractivity (Wildman–Crippen MR) is 142 cm³/mol. The SMILES string of the molecule is COc1ccc(CCn2c(N)c(-c3nc4ccccc4n3C)c3nc4ccccc4nc32)cc1OC. The van der Waals surface area contributed by atoms with Crippen LogP contribution in [0.2, 0.25) is 0 Å². The minimum absolute atomic E-state index is 0.596. The van der Waals surface area contributed by atoms with Gasteiger partial charge in [0.05, 0.1) is 41.8 Å². The molecule has 0 bridgehead atoms. The molecule has 6 aromatic rings. The average molecular weight is 479 g/mol. The van der Waals surface area contributed by atoms with E-state index in [9.17, 15) is 0 Å². The van der Waals surface area contributed by atoms with Crippen LogP contribution in [-0.2, 0) is 20.0 Å². The first-order valence-corrected chi connectivity index (χ1v) is 11.8. The fourth-order valence-electron chi connectivity index (χ4n) is 4.81. The Kier molecular flexibility index (Phi) is 5.21. The molecule has 0 fully saturated rings. The molecule has 3 aromatic carbocycles. The summed E-state index contributed by atoms with van der Waals surface area (Å²) in [6.45, 7) is 0.620. The summed E-state index contributed by atoms with van der Waals surface area (Å²) in [6, 6.07) is 21.9. The molecule has 0 aliphatic rings. The van der Waals surface area contributed by atoms with E-state index in [1.807, 2.05) is 72.3 Å². The Bertz CT molecular complexity index is 1750. The van der Waals surface area contributed by atoms with E-state index in [-0.39, 0.29) is 0 Å². The molecule has 0 radical (unpaired) electrons. The van der Waals surface area contributed by atoms with Gasteiger partial charge in [-0.3, -0.25) is 0 Å². The van der Waals surface area contributed by atoms with Crippen molar-refractivity contribution in [2.45, 2.75) is 13.0 Å². The normalized spacial score (nSPS) is 11.5. The Morgan fingerprint density at radius 3 is 2.22 bits per heavy atom. The number of para-hydroxylation sites is 4. The number of aromatic nitrogens is 5. The van der Waals surface area contributed by atoms with Gasteiger partial charge in [-0.1, -0.05) is 30.3 Å². The van der Waals surface area contributed by atoms with Crippen molar-refractivity contribution in [2.75, 3.05) is 20.0 Å². The highest BCUT2D eigenvalue weighted by Crippen LogP contribution is 2.37. The van der Waals surface area contributed by atoms with Gasteiger partial charge in [-0.2, -0.15) is 0 Å². The van der Waals surface area contributed by atoms with Crippen LogP contribution >= 0.6 is 0 Å². The summed E-state index contributed by atoms with van der Waals surface area (Å²) in [7, 11) is 5.28. The second-order valence-electron chi connectivity index (χ2n) is 8.72. The Morgan fingerprint density at radius 1 is 0.806 bits per heavy atom. The molecule has 3 aromatic heterocycles. The summed E-state index contributed by atoms with van der Waals surface area (Å²) >= 11 is 0. The number of methoxy groups -OCH3 is 2. The zero-order valence-corrected chi connectivity index (χ0v) is 20.4. The Balaban J connectivity index is 1.52. The second kappa shape index (κ2) is 8.57. The maximum atomic E-state index is 6.85. The van der Waals surface area contributed by atoms with Gasteiger partial charge in [0.1, 0.15) is 17.2 Å². The van der Waals surface area contributed by atoms with E-state index >= 15 is 0 Å². The van der Waals surface area contributed by atoms with Gasteiger partial charge in [0.25, 0.3) is 0 Å². The standard InChI is InChI=1S/C28H26N6O2/c1-33-21-11-7-6-10-20(21)32-27(33)24-25-28(31-19-9-5-4-8-18(19)30-25)34(26(24)29)15-14-17-12-13-22(35-2)23(16-17)36-3/h4-13,16H,14-15,29H2,1-3H3. The maximum Gasteiger partial charge on any atom is 0.161 e. The number of ether oxygens (including phenoxy) is 2. The fraction of sp³-hybridized carbons (Fsp3) is 0.179. The van der Waals surface area contributed by atoms with E-state index < -0.39 is 0 Å². The zero-order chi connectivity index (χ0) is 24.8. The Labute approximate surface area is 207 Å². The highest BCUT2D eigenvalue weighted by atomic mass is 16.5. The van der Waals surface area contributed by atoms with Crippen LogP contribution < -0.4 is 15.2 Å². The fourth-order valence-corrected chi connectivity index (χ4v) is 4.81. The topological polar surface area (TPSA) is 93.0 Å². The van der Waals surface area contributed by atoms with Crippen LogP contribution in [0.15, 0.2) is 66.7 Å². The molecule has 2 N–H and O–H groups in total. The highest BCUT2D eigenvalue weighted by Gasteiger charge is 2.24. The molecule has 8 nitrogen and oxygen atoms in total. The third kappa shape index (κ3) is 3.41. The molecule has 36 heavy (non-hydrogen) atoms. The van der Waals surface area contributed by atoms with Gasteiger partial charge in [0, 0.05) is 13.6 Å². The lowest BCUT2D eigenvalue weighted by Crippen LogP contribution is -2.07. The van der Waals surface area contributed by atoms with Crippen LogP contribution in [0.1, 0.15) is 5.56 Å². The van der Waals surface area contributed by atoms with Gasteiger partial charge in [-0.05, 0) is 48.4 Å². The smallest absolute Gasteiger partial charge is 0.161 e. The lowest BCUT2D eigenvalue weighted by Gasteiger charge is -2.11.